The van der Waals surface area contributed by atoms with E-state index in [4.69, 9.17) is 66.4 Å². The molecule has 1 aromatic heterocycles. The number of nitrogens with zero attached hydrogens (tertiary/aromatic N) is 6. The highest BCUT2D eigenvalue weighted by atomic mass is 35.5. The van der Waals surface area contributed by atoms with Gasteiger partial charge in [-0.3, -0.25) is 33.5 Å². The van der Waals surface area contributed by atoms with Crippen LogP contribution in [0, 0.1) is 30.5 Å². The molecule has 2 aromatic carbocycles. The molecule has 0 bridgehead atoms. The molecule has 0 radical (unpaired) electrons. The van der Waals surface area contributed by atoms with Gasteiger partial charge in [0.1, 0.15) is 35.9 Å². The minimum atomic E-state index is -3.10. The van der Waals surface area contributed by atoms with Gasteiger partial charge >= 0.3 is 5.97 Å². The van der Waals surface area contributed by atoms with Crippen LogP contribution in [-0.4, -0.2) is 117 Å². The van der Waals surface area contributed by atoms with Crippen molar-refractivity contribution in [3.63, 3.8) is 0 Å². The van der Waals surface area contributed by atoms with E-state index in [9.17, 15) is 28.1 Å². The normalized spacial score (nSPS) is 14.7. The largest absolute Gasteiger partial charge is 0.481 e. The molecule has 22 heteroatoms. The highest BCUT2D eigenvalue weighted by molar-refractivity contribution is 7.57. The number of fused-ring (bicyclic) bond motifs is 2. The summed E-state index contributed by atoms with van der Waals surface area (Å²) >= 11 is 17.7. The summed E-state index contributed by atoms with van der Waals surface area (Å²) in [5.74, 6) is 1.29. The summed E-state index contributed by atoms with van der Waals surface area (Å²) in [6.45, 7) is 20.9. The molecule has 67 heavy (non-hydrogen) atoms. The van der Waals surface area contributed by atoms with Crippen molar-refractivity contribution in [3.05, 3.63) is 83.2 Å². The molecule has 368 valence electrons. The second-order valence-corrected chi connectivity index (χ2v) is 20.5. The number of hydrogen-bond donors (Lipinski definition) is 3. The highest BCUT2D eigenvalue weighted by Gasteiger charge is 2.31. The standard InChI is InChI=1S/C18H17FN4O2S.C14H20ClNO2.C8H11Cl2NO.C5H12NO4P/c1-4-5-22-13-7-12(11(19)6-14(13)25-9-16(22)24)20-17-23-10-18(2,3)8-15(23)21-26-17;1-4-12-8-6-7-11(3)14(12)16(10-18-5-2)13(17)9-15;1-3-5-11(6-4-2)8(12)7(9)10;1-11(9,10)3-2-4(6)5(7)8/h1,6-7H,5,8-10H2,2-3H3;6-8H,4-5,9-10H2,1-3H3;3-4,7H,1-2,5-6H2;4H,2-3,6H2,1H3,(H,7,8)(H,9,10)/b20-17-;;;. The fourth-order valence-corrected chi connectivity index (χ4v) is 8.29. The lowest BCUT2D eigenvalue weighted by Crippen LogP contribution is -2.39. The second-order valence-electron chi connectivity index (χ2n) is 15.8. The summed E-state index contributed by atoms with van der Waals surface area (Å²) in [4.78, 5) is 62.7. The van der Waals surface area contributed by atoms with Crippen LogP contribution in [0.25, 0.3) is 0 Å². The van der Waals surface area contributed by atoms with Crippen molar-refractivity contribution in [2.24, 2.45) is 16.1 Å². The molecular weight excluding hydrogens is 971 g/mol. The van der Waals surface area contributed by atoms with Crippen LogP contribution in [0.1, 0.15) is 51.1 Å². The van der Waals surface area contributed by atoms with E-state index in [2.05, 4.69) is 49.2 Å². The van der Waals surface area contributed by atoms with Gasteiger partial charge in [0, 0.05) is 63.1 Å². The topological polar surface area (TPSA) is 210 Å². The van der Waals surface area contributed by atoms with Gasteiger partial charge in [0.15, 0.2) is 24.6 Å². The number of rotatable bonds is 17. The van der Waals surface area contributed by atoms with Crippen LogP contribution in [0.5, 0.6) is 5.75 Å². The van der Waals surface area contributed by atoms with Crippen molar-refractivity contribution >= 4 is 94.5 Å². The van der Waals surface area contributed by atoms with E-state index in [0.717, 1.165) is 42.0 Å². The number of carbonyl (C=O) groups excluding carboxylic acids is 3. The van der Waals surface area contributed by atoms with Gasteiger partial charge in [0.25, 0.3) is 11.8 Å². The quantitative estimate of drug-likeness (QED) is 0.0410. The fraction of sp³-hybridized carbons (Fsp3) is 0.467. The fourth-order valence-electron chi connectivity index (χ4n) is 6.36. The van der Waals surface area contributed by atoms with Gasteiger partial charge in [0.05, 0.1) is 17.9 Å². The molecule has 0 saturated heterocycles. The number of ether oxygens (including phenoxy) is 2. The van der Waals surface area contributed by atoms with E-state index >= 15 is 0 Å². The van der Waals surface area contributed by atoms with Crippen molar-refractivity contribution in [2.75, 3.05) is 68.1 Å². The number of carboxylic acid groups (broad SMARTS) is 1. The molecule has 4 N–H and O–H groups in total. The minimum absolute atomic E-state index is 0.0371. The van der Waals surface area contributed by atoms with Crippen LogP contribution in [0.15, 0.2) is 60.6 Å². The number of aliphatic carboxylic acids is 1. The van der Waals surface area contributed by atoms with Crippen LogP contribution in [0.4, 0.5) is 21.5 Å². The number of amides is 3. The Morgan fingerprint density at radius 1 is 1.22 bits per heavy atom. The Morgan fingerprint density at radius 2 is 1.88 bits per heavy atom. The lowest BCUT2D eigenvalue weighted by Gasteiger charge is -2.28. The number of para-hydroxylation sites is 1. The van der Waals surface area contributed by atoms with E-state index in [1.807, 2.05) is 36.6 Å². The van der Waals surface area contributed by atoms with Crippen molar-refractivity contribution in [1.82, 2.24) is 13.8 Å². The van der Waals surface area contributed by atoms with Gasteiger partial charge in [-0.1, -0.05) is 80.2 Å². The Balaban J connectivity index is 0.000000329. The first-order valence-electron chi connectivity index (χ1n) is 20.9. The molecule has 0 saturated carbocycles. The molecule has 3 amide bonds. The summed E-state index contributed by atoms with van der Waals surface area (Å²) in [7, 11) is -3.10. The van der Waals surface area contributed by atoms with Gasteiger partial charge in [-0.05, 0) is 49.3 Å². The Kier molecular flexibility index (Phi) is 24.5. The number of terminal acetylenes is 1. The lowest BCUT2D eigenvalue weighted by atomic mass is 9.92. The van der Waals surface area contributed by atoms with Gasteiger partial charge in [-0.2, -0.15) is 4.37 Å². The number of benzene rings is 2. The number of nitrogens with two attached hydrogens (primary N) is 1. The zero-order valence-electron chi connectivity index (χ0n) is 38.6. The SMILES string of the molecule is C#CCN1C(=O)COc2cc(F)c(/N=c3\snc4n3CC(C)(C)C4)cc21.C=CCN(CC=C)C(=O)C(Cl)Cl.CCOCN(C(=O)CCl)c1c(C)cccc1CC.CP(=O)(O)CCC(N)C(=O)O. The predicted octanol–water partition coefficient (Wildman–Crippen LogP) is 7.06. The molecule has 0 spiro atoms. The van der Waals surface area contributed by atoms with Crippen LogP contribution >= 0.6 is 53.7 Å². The number of carboxylic acids is 1. The number of hydrogen-bond acceptors (Lipinski definition) is 11. The van der Waals surface area contributed by atoms with Crippen LogP contribution in [0.3, 0.4) is 0 Å². The Bertz CT molecular complexity index is 2360. The first-order valence-corrected chi connectivity index (χ1v) is 25.4. The third-order valence-corrected chi connectivity index (χ3v) is 12.1. The first-order chi connectivity index (χ1) is 31.5. The number of halogens is 4. The van der Waals surface area contributed by atoms with Gasteiger partial charge in [-0.15, -0.1) is 31.2 Å². The van der Waals surface area contributed by atoms with Gasteiger partial charge in [0.2, 0.25) is 10.7 Å². The number of aromatic nitrogens is 2. The van der Waals surface area contributed by atoms with Crippen LogP contribution in [0.2, 0.25) is 0 Å². The number of anilines is 2. The number of aryl methyl sites for hydroxylation is 2. The van der Waals surface area contributed by atoms with Crippen molar-refractivity contribution in [3.8, 4) is 18.1 Å². The monoisotopic (exact) mass is 1030 g/mol. The summed E-state index contributed by atoms with van der Waals surface area (Å²) in [5.41, 5.74) is 8.89. The summed E-state index contributed by atoms with van der Waals surface area (Å²) in [5, 5.41) is 8.28. The molecule has 3 aromatic rings. The Morgan fingerprint density at radius 3 is 2.42 bits per heavy atom. The Hall–Kier alpha value is -4.57. The third kappa shape index (κ3) is 18.5. The van der Waals surface area contributed by atoms with Crippen LogP contribution in [-0.2, 0) is 47.9 Å². The Labute approximate surface area is 410 Å². The average Bonchev–Trinajstić information content (AvgIpc) is 3.78. The maximum Gasteiger partial charge on any atom is 0.320 e. The van der Waals surface area contributed by atoms with E-state index in [1.165, 1.54) is 40.1 Å². The maximum atomic E-state index is 14.5. The molecule has 2 aliphatic heterocycles. The zero-order chi connectivity index (χ0) is 50.6. The summed E-state index contributed by atoms with van der Waals surface area (Å²) in [6.07, 6.45) is 10.3. The highest BCUT2D eigenvalue weighted by Crippen LogP contribution is 2.38. The van der Waals surface area contributed by atoms with E-state index in [0.29, 0.717) is 35.9 Å². The molecule has 5 rings (SSSR count). The van der Waals surface area contributed by atoms with Crippen LogP contribution < -0.4 is 25.1 Å². The number of alkyl halides is 3. The minimum Gasteiger partial charge on any atom is -0.481 e. The molecule has 3 heterocycles. The predicted molar refractivity (Wildman–Crippen MR) is 264 cm³/mol. The smallest absolute Gasteiger partial charge is 0.320 e. The third-order valence-electron chi connectivity index (χ3n) is 9.62. The lowest BCUT2D eigenvalue weighted by molar-refractivity contribution is -0.138. The molecule has 0 fully saturated rings. The van der Waals surface area contributed by atoms with E-state index < -0.39 is 30.0 Å². The van der Waals surface area contributed by atoms with Crippen molar-refractivity contribution in [1.29, 1.82) is 0 Å². The zero-order valence-corrected chi connectivity index (χ0v) is 42.5. The van der Waals surface area contributed by atoms with Crippen molar-refractivity contribution in [2.45, 2.75) is 71.3 Å². The molecule has 2 aliphatic rings. The molecule has 0 aliphatic carbocycles. The summed E-state index contributed by atoms with van der Waals surface area (Å²) in [6, 6.07) is 7.75. The molecular formula is C45H60Cl3FN7O9PS. The first kappa shape index (κ1) is 58.6. The van der Waals surface area contributed by atoms with E-state index in [1.54, 1.807) is 17.1 Å². The molecule has 2 unspecified atom stereocenters. The molecule has 16 nitrogen and oxygen atoms in total. The van der Waals surface area contributed by atoms with E-state index in [-0.39, 0.29) is 67.2 Å². The second kappa shape index (κ2) is 28.0. The molecule has 2 atom stereocenters. The average molecular weight is 1030 g/mol. The van der Waals surface area contributed by atoms with Gasteiger partial charge in [-0.25, -0.2) is 9.38 Å². The van der Waals surface area contributed by atoms with Crippen molar-refractivity contribution < 1.29 is 47.6 Å². The van der Waals surface area contributed by atoms with Gasteiger partial charge < -0.3 is 34.7 Å². The maximum absolute atomic E-state index is 14.5. The summed E-state index contributed by atoms with van der Waals surface area (Å²) < 4.78 is 42.3. The number of carbonyl (C=O) groups is 4.